The first-order valence-corrected chi connectivity index (χ1v) is 3.62. The van der Waals surface area contributed by atoms with Crippen molar-refractivity contribution >= 4 is 18.2 Å². The normalized spacial score (nSPS) is 37.4. The second kappa shape index (κ2) is 2.89. The van der Waals surface area contributed by atoms with Crippen LogP contribution in [0.5, 0.6) is 0 Å². The summed E-state index contributed by atoms with van der Waals surface area (Å²) in [7, 11) is 0. The molecule has 0 radical (unpaired) electrons. The highest BCUT2D eigenvalue weighted by Gasteiger charge is 2.31. The van der Waals surface area contributed by atoms with E-state index >= 15 is 0 Å². The molecule has 2 rings (SSSR count). The maximum atomic E-state index is 10.9. The maximum Gasteiger partial charge on any atom is 0.136 e. The Bertz CT molecular complexity index is 135. The number of halogens is 1. The molecule has 2 fully saturated rings. The number of carbonyl (C=O) groups is 1. The highest BCUT2D eigenvalue weighted by Crippen LogP contribution is 2.23. The van der Waals surface area contributed by atoms with Crippen LogP contribution >= 0.6 is 12.4 Å². The topological polar surface area (TPSA) is 29.1 Å². The zero-order valence-electron chi connectivity index (χ0n) is 5.80. The molecule has 0 aromatic heterocycles. The lowest BCUT2D eigenvalue weighted by atomic mass is 10.1. The largest absolute Gasteiger partial charge is 0.310 e. The van der Waals surface area contributed by atoms with E-state index < -0.39 is 0 Å². The second-order valence-electron chi connectivity index (χ2n) is 3.08. The van der Waals surface area contributed by atoms with Crippen molar-refractivity contribution in [2.24, 2.45) is 0 Å². The monoisotopic (exact) mass is 161 g/mol. The van der Waals surface area contributed by atoms with Gasteiger partial charge < -0.3 is 5.32 Å². The quantitative estimate of drug-likeness (QED) is 0.572. The molecule has 0 aliphatic carbocycles. The summed E-state index contributed by atoms with van der Waals surface area (Å²) in [6, 6.07) is 1.08. The molecule has 58 valence electrons. The summed E-state index contributed by atoms with van der Waals surface area (Å²) in [4.78, 5) is 10.9. The van der Waals surface area contributed by atoms with Crippen molar-refractivity contribution in [3.63, 3.8) is 0 Å². The van der Waals surface area contributed by atoms with Gasteiger partial charge in [-0.1, -0.05) is 0 Å². The summed E-state index contributed by atoms with van der Waals surface area (Å²) < 4.78 is 0. The fourth-order valence-corrected chi connectivity index (χ4v) is 1.86. The fourth-order valence-electron chi connectivity index (χ4n) is 1.86. The number of piperidine rings is 1. The van der Waals surface area contributed by atoms with Crippen LogP contribution in [-0.2, 0) is 4.79 Å². The lowest BCUT2D eigenvalue weighted by Gasteiger charge is -2.18. The summed E-state index contributed by atoms with van der Waals surface area (Å²) in [6.45, 7) is 0. The molecule has 3 heteroatoms. The number of Topliss-reactive ketones (excluding diaryl/α,β-unsaturated/α-hetero) is 1. The Labute approximate surface area is 66.8 Å². The minimum atomic E-state index is 0. The molecule has 0 aromatic rings. The molecule has 10 heavy (non-hydrogen) atoms. The number of rotatable bonds is 0. The first kappa shape index (κ1) is 8.02. The Kier molecular flexibility index (Phi) is 2.32. The van der Waals surface area contributed by atoms with Gasteiger partial charge in [0.1, 0.15) is 5.78 Å². The van der Waals surface area contributed by atoms with Crippen molar-refractivity contribution in [3.8, 4) is 0 Å². The van der Waals surface area contributed by atoms with Crippen molar-refractivity contribution in [3.05, 3.63) is 0 Å². The molecular weight excluding hydrogens is 150 g/mol. The molecule has 2 aliphatic rings. The molecule has 2 bridgehead atoms. The Hall–Kier alpha value is -0.0800. The van der Waals surface area contributed by atoms with Crippen LogP contribution in [0, 0.1) is 0 Å². The van der Waals surface area contributed by atoms with Crippen LogP contribution < -0.4 is 5.32 Å². The fraction of sp³-hybridized carbons (Fsp3) is 0.857. The van der Waals surface area contributed by atoms with Crippen molar-refractivity contribution in [2.45, 2.75) is 37.8 Å². The summed E-state index contributed by atoms with van der Waals surface area (Å²) >= 11 is 0. The molecule has 2 nitrogen and oxygen atoms in total. The van der Waals surface area contributed by atoms with Crippen molar-refractivity contribution in [1.82, 2.24) is 5.32 Å². The van der Waals surface area contributed by atoms with E-state index in [1.807, 2.05) is 0 Å². The minimum Gasteiger partial charge on any atom is -0.310 e. The Morgan fingerprint density at radius 1 is 1.20 bits per heavy atom. The van der Waals surface area contributed by atoms with Crippen LogP contribution in [0.1, 0.15) is 25.7 Å². The van der Waals surface area contributed by atoms with Gasteiger partial charge in [0, 0.05) is 24.9 Å². The predicted molar refractivity (Wildman–Crippen MR) is 41.4 cm³/mol. The van der Waals surface area contributed by atoms with Crippen LogP contribution in [0.2, 0.25) is 0 Å². The summed E-state index contributed by atoms with van der Waals surface area (Å²) in [5.74, 6) is 0.459. The van der Waals surface area contributed by atoms with E-state index in [1.165, 1.54) is 12.8 Å². The Morgan fingerprint density at radius 3 is 2.20 bits per heavy atom. The zero-order valence-corrected chi connectivity index (χ0v) is 6.62. The van der Waals surface area contributed by atoms with Crippen LogP contribution in [0.3, 0.4) is 0 Å². The first-order chi connectivity index (χ1) is 4.34. The van der Waals surface area contributed by atoms with Gasteiger partial charge in [0.15, 0.2) is 0 Å². The van der Waals surface area contributed by atoms with Gasteiger partial charge in [-0.05, 0) is 12.8 Å². The molecule has 2 atom stereocenters. The molecule has 0 spiro atoms. The van der Waals surface area contributed by atoms with Gasteiger partial charge in [0.05, 0.1) is 0 Å². The highest BCUT2D eigenvalue weighted by atomic mass is 35.5. The molecule has 1 N–H and O–H groups in total. The standard InChI is InChI=1S/C7H11NO.ClH/c9-7-3-5-1-2-6(4-7)8-5;/h5-6,8H,1-4H2;1H/t5-,6+;. The van der Waals surface area contributed by atoms with Crippen molar-refractivity contribution < 1.29 is 4.79 Å². The van der Waals surface area contributed by atoms with Crippen LogP contribution in [0.25, 0.3) is 0 Å². The molecule has 0 aromatic carbocycles. The number of nitrogens with one attached hydrogen (secondary N) is 1. The second-order valence-corrected chi connectivity index (χ2v) is 3.08. The van der Waals surface area contributed by atoms with E-state index in [4.69, 9.17) is 0 Å². The number of fused-ring (bicyclic) bond motifs is 2. The van der Waals surface area contributed by atoms with Crippen molar-refractivity contribution in [2.75, 3.05) is 0 Å². The molecule has 2 aliphatic heterocycles. The SMILES string of the molecule is Cl.O=C1C[C@H]2CC[C@@H](C1)N2. The Morgan fingerprint density at radius 2 is 1.70 bits per heavy atom. The smallest absolute Gasteiger partial charge is 0.136 e. The maximum absolute atomic E-state index is 10.9. The third kappa shape index (κ3) is 1.32. The van der Waals surface area contributed by atoms with E-state index in [9.17, 15) is 4.79 Å². The highest BCUT2D eigenvalue weighted by molar-refractivity contribution is 5.85. The number of carbonyl (C=O) groups excluding carboxylic acids is 1. The van der Waals surface area contributed by atoms with Gasteiger partial charge >= 0.3 is 0 Å². The van der Waals surface area contributed by atoms with E-state index in [-0.39, 0.29) is 12.4 Å². The summed E-state index contributed by atoms with van der Waals surface area (Å²) in [5.41, 5.74) is 0. The lowest BCUT2D eigenvalue weighted by Crippen LogP contribution is -2.38. The molecule has 2 heterocycles. The number of ketones is 1. The minimum absolute atomic E-state index is 0. The number of hydrogen-bond donors (Lipinski definition) is 1. The van der Waals surface area contributed by atoms with E-state index in [0.29, 0.717) is 17.9 Å². The van der Waals surface area contributed by atoms with Gasteiger partial charge in [-0.2, -0.15) is 0 Å². The molecular formula is C7H12ClNO. The van der Waals surface area contributed by atoms with E-state index in [1.54, 1.807) is 0 Å². The van der Waals surface area contributed by atoms with E-state index in [2.05, 4.69) is 5.32 Å². The Balaban J connectivity index is 0.000000500. The average molecular weight is 162 g/mol. The van der Waals surface area contributed by atoms with Gasteiger partial charge in [-0.3, -0.25) is 4.79 Å². The third-order valence-corrected chi connectivity index (χ3v) is 2.28. The van der Waals surface area contributed by atoms with Gasteiger partial charge in [-0.15, -0.1) is 12.4 Å². The molecule has 0 amide bonds. The van der Waals surface area contributed by atoms with Crippen LogP contribution in [0.15, 0.2) is 0 Å². The third-order valence-electron chi connectivity index (χ3n) is 2.28. The van der Waals surface area contributed by atoms with Crippen LogP contribution in [-0.4, -0.2) is 17.9 Å². The summed E-state index contributed by atoms with van der Waals surface area (Å²) in [5, 5.41) is 3.40. The molecule has 0 saturated carbocycles. The molecule has 0 unspecified atom stereocenters. The average Bonchev–Trinajstić information content (AvgIpc) is 2.11. The molecule has 2 saturated heterocycles. The lowest BCUT2D eigenvalue weighted by molar-refractivity contribution is -0.120. The van der Waals surface area contributed by atoms with Gasteiger partial charge in [-0.25, -0.2) is 0 Å². The van der Waals surface area contributed by atoms with Crippen LogP contribution in [0.4, 0.5) is 0 Å². The zero-order chi connectivity index (χ0) is 6.27. The van der Waals surface area contributed by atoms with E-state index in [0.717, 1.165) is 12.8 Å². The number of hydrogen-bond acceptors (Lipinski definition) is 2. The van der Waals surface area contributed by atoms with Gasteiger partial charge in [0.2, 0.25) is 0 Å². The van der Waals surface area contributed by atoms with Crippen molar-refractivity contribution in [1.29, 1.82) is 0 Å². The summed E-state index contributed by atoms with van der Waals surface area (Å²) in [6.07, 6.45) is 4.01. The predicted octanol–water partition coefficient (Wildman–Crippen LogP) is 0.892. The first-order valence-electron chi connectivity index (χ1n) is 3.62. The van der Waals surface area contributed by atoms with Gasteiger partial charge in [0.25, 0.3) is 0 Å².